The van der Waals surface area contributed by atoms with Crippen molar-refractivity contribution < 1.29 is 0 Å². The lowest BCUT2D eigenvalue weighted by Crippen LogP contribution is -2.30. The molecule has 1 unspecified atom stereocenters. The van der Waals surface area contributed by atoms with Crippen LogP contribution in [0, 0.1) is 0 Å². The third-order valence-electron chi connectivity index (χ3n) is 2.45. The number of rotatable bonds is 3. The summed E-state index contributed by atoms with van der Waals surface area (Å²) in [5.74, 6) is 0. The summed E-state index contributed by atoms with van der Waals surface area (Å²) < 4.78 is 0. The molecule has 0 fully saturated rings. The highest BCUT2D eigenvalue weighted by Gasteiger charge is 2.12. The van der Waals surface area contributed by atoms with E-state index in [1.165, 1.54) is 6.16 Å². The van der Waals surface area contributed by atoms with E-state index >= 15 is 0 Å². The van der Waals surface area contributed by atoms with Crippen LogP contribution < -0.4 is 5.32 Å². The number of aromatic nitrogens is 1. The largest absolute Gasteiger partial charge is 0.377 e. The van der Waals surface area contributed by atoms with E-state index in [1.54, 1.807) is 0 Å². The quantitative estimate of drug-likeness (QED) is 0.810. The number of nitrogens with one attached hydrogen (secondary N) is 1. The number of hydrogen-bond donors (Lipinski definition) is 1. The minimum atomic E-state index is 0.127. The van der Waals surface area contributed by atoms with Gasteiger partial charge in [-0.2, -0.15) is 0 Å². The van der Waals surface area contributed by atoms with E-state index < -0.39 is 0 Å². The first-order valence-electron chi connectivity index (χ1n) is 5.47. The highest BCUT2D eigenvalue weighted by Crippen LogP contribution is 2.27. The van der Waals surface area contributed by atoms with Crippen LogP contribution in [0.5, 0.6) is 0 Å². The topological polar surface area (TPSA) is 24.9 Å². The summed E-state index contributed by atoms with van der Waals surface area (Å²) in [7, 11) is 0.127. The maximum Gasteiger partial charge on any atom is 0.0861 e. The standard InChI is InChI=1S/C13H17N2P/c1-16(2)10-11-6-5-8-13(15-11)12-7-3-4-9-14-12/h3-9,11,15H,10H2,1-2H3. The molecule has 0 aromatic carbocycles. The molecule has 3 heteroatoms. The van der Waals surface area contributed by atoms with Crippen molar-refractivity contribution in [2.24, 2.45) is 0 Å². The van der Waals surface area contributed by atoms with Gasteiger partial charge >= 0.3 is 0 Å². The molecule has 1 aliphatic rings. The number of pyridine rings is 1. The van der Waals surface area contributed by atoms with Crippen molar-refractivity contribution in [3.05, 3.63) is 48.3 Å². The Balaban J connectivity index is 2.08. The molecule has 1 aromatic rings. The third-order valence-corrected chi connectivity index (χ3v) is 3.57. The molecule has 1 aliphatic heterocycles. The van der Waals surface area contributed by atoms with E-state index in [0.717, 1.165) is 11.4 Å². The van der Waals surface area contributed by atoms with Crippen molar-refractivity contribution in [3.8, 4) is 0 Å². The first-order chi connectivity index (χ1) is 7.75. The minimum absolute atomic E-state index is 0.127. The average molecular weight is 232 g/mol. The lowest BCUT2D eigenvalue weighted by atomic mass is 10.1. The molecule has 0 amide bonds. The molecule has 2 heterocycles. The second-order valence-corrected chi connectivity index (χ2v) is 6.72. The summed E-state index contributed by atoms with van der Waals surface area (Å²) in [6.45, 7) is 4.62. The maximum absolute atomic E-state index is 4.36. The van der Waals surface area contributed by atoms with Gasteiger partial charge in [-0.3, -0.25) is 4.98 Å². The molecular weight excluding hydrogens is 215 g/mol. The van der Waals surface area contributed by atoms with Crippen LogP contribution in [0.25, 0.3) is 5.70 Å². The van der Waals surface area contributed by atoms with Crippen LogP contribution in [0.4, 0.5) is 0 Å². The van der Waals surface area contributed by atoms with Gasteiger partial charge in [0.1, 0.15) is 0 Å². The van der Waals surface area contributed by atoms with Crippen LogP contribution in [-0.2, 0) is 0 Å². The van der Waals surface area contributed by atoms with Gasteiger partial charge in [0.05, 0.1) is 11.4 Å². The van der Waals surface area contributed by atoms with Gasteiger partial charge in [0.15, 0.2) is 0 Å². The molecule has 0 spiro atoms. The molecule has 1 aromatic heterocycles. The molecular formula is C13H17N2P. The van der Waals surface area contributed by atoms with Crippen molar-refractivity contribution >= 4 is 13.6 Å². The van der Waals surface area contributed by atoms with Crippen LogP contribution in [0.2, 0.25) is 0 Å². The Bertz CT molecular complexity index is 396. The second-order valence-electron chi connectivity index (χ2n) is 4.19. The highest BCUT2D eigenvalue weighted by atomic mass is 31.1. The Morgan fingerprint density at radius 2 is 2.25 bits per heavy atom. The molecule has 1 N–H and O–H groups in total. The smallest absolute Gasteiger partial charge is 0.0861 e. The van der Waals surface area contributed by atoms with Gasteiger partial charge < -0.3 is 5.32 Å². The lowest BCUT2D eigenvalue weighted by molar-refractivity contribution is 0.781. The fourth-order valence-corrected chi connectivity index (χ4v) is 2.76. The molecule has 0 bridgehead atoms. The molecule has 0 saturated carbocycles. The first-order valence-corrected chi connectivity index (χ1v) is 7.89. The highest BCUT2D eigenvalue weighted by molar-refractivity contribution is 7.56. The van der Waals surface area contributed by atoms with Gasteiger partial charge in [-0.1, -0.05) is 18.2 Å². The van der Waals surface area contributed by atoms with Crippen molar-refractivity contribution in [2.75, 3.05) is 19.5 Å². The molecule has 0 aliphatic carbocycles. The summed E-state index contributed by atoms with van der Waals surface area (Å²) in [6, 6.07) is 6.46. The summed E-state index contributed by atoms with van der Waals surface area (Å²) >= 11 is 0. The minimum Gasteiger partial charge on any atom is -0.377 e. The van der Waals surface area contributed by atoms with Gasteiger partial charge in [0.2, 0.25) is 0 Å². The Morgan fingerprint density at radius 1 is 1.38 bits per heavy atom. The van der Waals surface area contributed by atoms with Crippen LogP contribution >= 0.6 is 7.92 Å². The molecule has 16 heavy (non-hydrogen) atoms. The van der Waals surface area contributed by atoms with Gasteiger partial charge in [0.25, 0.3) is 0 Å². The van der Waals surface area contributed by atoms with E-state index in [4.69, 9.17) is 0 Å². The van der Waals surface area contributed by atoms with Crippen molar-refractivity contribution in [2.45, 2.75) is 6.04 Å². The zero-order chi connectivity index (χ0) is 11.4. The molecule has 0 saturated heterocycles. The molecule has 2 rings (SSSR count). The first kappa shape index (κ1) is 11.3. The van der Waals surface area contributed by atoms with Crippen molar-refractivity contribution in [3.63, 3.8) is 0 Å². The zero-order valence-corrected chi connectivity index (χ0v) is 10.6. The lowest BCUT2D eigenvalue weighted by Gasteiger charge is -2.23. The Hall–Kier alpha value is -1.14. The molecule has 1 atom stereocenters. The number of dihydropyridines is 1. The van der Waals surface area contributed by atoms with E-state index in [2.05, 4.69) is 41.9 Å². The van der Waals surface area contributed by atoms with Gasteiger partial charge in [-0.05, 0) is 37.7 Å². The summed E-state index contributed by atoms with van der Waals surface area (Å²) in [5, 5.41) is 3.53. The third kappa shape index (κ3) is 2.93. The van der Waals surface area contributed by atoms with E-state index in [-0.39, 0.29) is 7.92 Å². The summed E-state index contributed by atoms with van der Waals surface area (Å²) in [6.07, 6.45) is 9.50. The summed E-state index contributed by atoms with van der Waals surface area (Å²) in [4.78, 5) is 4.36. The fraction of sp³-hybridized carbons (Fsp3) is 0.308. The maximum atomic E-state index is 4.36. The van der Waals surface area contributed by atoms with Gasteiger partial charge in [-0.15, -0.1) is 7.92 Å². The summed E-state index contributed by atoms with van der Waals surface area (Å²) in [5.41, 5.74) is 2.15. The normalized spacial score (nSPS) is 19.4. The van der Waals surface area contributed by atoms with Crippen LogP contribution in [0.3, 0.4) is 0 Å². The van der Waals surface area contributed by atoms with E-state index in [0.29, 0.717) is 6.04 Å². The van der Waals surface area contributed by atoms with E-state index in [9.17, 15) is 0 Å². The van der Waals surface area contributed by atoms with Crippen molar-refractivity contribution in [1.82, 2.24) is 10.3 Å². The van der Waals surface area contributed by atoms with Crippen molar-refractivity contribution in [1.29, 1.82) is 0 Å². The molecule has 2 nitrogen and oxygen atoms in total. The number of nitrogens with zero attached hydrogens (tertiary/aromatic N) is 1. The van der Waals surface area contributed by atoms with Crippen LogP contribution in [-0.4, -0.2) is 30.5 Å². The van der Waals surface area contributed by atoms with E-state index in [1.807, 2.05) is 24.4 Å². The molecule has 84 valence electrons. The SMILES string of the molecule is CP(C)CC1C=CC=C(c2ccccn2)N1. The predicted molar refractivity (Wildman–Crippen MR) is 71.9 cm³/mol. The Morgan fingerprint density at radius 3 is 2.94 bits per heavy atom. The number of allylic oxidation sites excluding steroid dienone is 2. The molecule has 0 radical (unpaired) electrons. The zero-order valence-electron chi connectivity index (χ0n) is 9.72. The average Bonchev–Trinajstić information content (AvgIpc) is 2.30. The Kier molecular flexibility index (Phi) is 3.74. The fourth-order valence-electron chi connectivity index (χ4n) is 1.76. The van der Waals surface area contributed by atoms with Gasteiger partial charge in [0, 0.05) is 12.2 Å². The van der Waals surface area contributed by atoms with Crippen LogP contribution in [0.15, 0.2) is 42.6 Å². The Labute approximate surface area is 98.2 Å². The van der Waals surface area contributed by atoms with Gasteiger partial charge in [-0.25, -0.2) is 0 Å². The number of hydrogen-bond acceptors (Lipinski definition) is 2. The second kappa shape index (κ2) is 5.27. The monoisotopic (exact) mass is 232 g/mol. The predicted octanol–water partition coefficient (Wildman–Crippen LogP) is 2.69. The van der Waals surface area contributed by atoms with Crippen LogP contribution in [0.1, 0.15) is 5.69 Å².